The summed E-state index contributed by atoms with van der Waals surface area (Å²) in [6.45, 7) is 4.88. The number of aromatic nitrogens is 2. The largest absolute Gasteiger partial charge is 0.486 e. The topological polar surface area (TPSA) is 64.6 Å². The van der Waals surface area contributed by atoms with Crippen molar-refractivity contribution in [2.75, 3.05) is 20.2 Å². The van der Waals surface area contributed by atoms with Crippen LogP contribution in [-0.2, 0) is 0 Å². The Balaban J connectivity index is 1.36. The summed E-state index contributed by atoms with van der Waals surface area (Å²) in [5.41, 5.74) is 1.93. The third-order valence-electron chi connectivity index (χ3n) is 5.52. The first-order chi connectivity index (χ1) is 14.0. The van der Waals surface area contributed by atoms with Gasteiger partial charge in [0.2, 0.25) is 0 Å². The van der Waals surface area contributed by atoms with E-state index in [9.17, 15) is 4.79 Å². The number of thiophene rings is 1. The average molecular weight is 410 g/mol. The molecule has 3 aromatic rings. The summed E-state index contributed by atoms with van der Waals surface area (Å²) in [7, 11) is 1.81. The molecule has 1 aliphatic carbocycles. The van der Waals surface area contributed by atoms with E-state index in [0.29, 0.717) is 19.1 Å². The van der Waals surface area contributed by atoms with Gasteiger partial charge in [-0.1, -0.05) is 12.1 Å². The Labute approximate surface area is 173 Å². The van der Waals surface area contributed by atoms with E-state index in [0.717, 1.165) is 56.5 Å². The van der Waals surface area contributed by atoms with Gasteiger partial charge in [-0.25, -0.2) is 9.97 Å². The number of amides is 1. The van der Waals surface area contributed by atoms with Crippen molar-refractivity contribution >= 4 is 27.5 Å². The van der Waals surface area contributed by atoms with Crippen molar-refractivity contribution in [3.8, 4) is 11.5 Å². The van der Waals surface area contributed by atoms with Gasteiger partial charge in [-0.3, -0.25) is 4.79 Å². The van der Waals surface area contributed by atoms with Crippen LogP contribution >= 0.6 is 11.3 Å². The van der Waals surface area contributed by atoms with E-state index in [1.54, 1.807) is 4.90 Å². The van der Waals surface area contributed by atoms with Gasteiger partial charge in [-0.15, -0.1) is 11.3 Å². The van der Waals surface area contributed by atoms with Gasteiger partial charge in [0.05, 0.1) is 17.1 Å². The van der Waals surface area contributed by atoms with Crippen LogP contribution in [0.4, 0.5) is 0 Å². The highest BCUT2D eigenvalue weighted by molar-refractivity contribution is 7.20. The fraction of sp³-hybridized carbons (Fsp3) is 0.409. The van der Waals surface area contributed by atoms with Crippen molar-refractivity contribution in [2.24, 2.45) is 0 Å². The Bertz CT molecular complexity index is 1110. The monoisotopic (exact) mass is 409 g/mol. The number of para-hydroxylation sites is 2. The van der Waals surface area contributed by atoms with E-state index >= 15 is 0 Å². The minimum Gasteiger partial charge on any atom is -0.486 e. The molecule has 2 aliphatic rings. The van der Waals surface area contributed by atoms with Gasteiger partial charge >= 0.3 is 0 Å². The zero-order chi connectivity index (χ0) is 20.1. The number of carbonyl (C=O) groups is 1. The molecule has 1 aliphatic heterocycles. The first kappa shape index (κ1) is 18.4. The predicted molar refractivity (Wildman–Crippen MR) is 112 cm³/mol. The third-order valence-corrected chi connectivity index (χ3v) is 6.69. The number of nitrogens with zero attached hydrogens (tertiary/aromatic N) is 3. The summed E-state index contributed by atoms with van der Waals surface area (Å²) < 4.78 is 11.8. The van der Waals surface area contributed by atoms with Crippen LogP contribution in [0.1, 0.15) is 45.5 Å². The molecule has 0 radical (unpaired) electrons. The van der Waals surface area contributed by atoms with Gasteiger partial charge in [0, 0.05) is 18.4 Å². The summed E-state index contributed by atoms with van der Waals surface area (Å²) in [4.78, 5) is 26.0. The van der Waals surface area contributed by atoms with Crippen LogP contribution in [0.15, 0.2) is 24.3 Å². The van der Waals surface area contributed by atoms with E-state index in [1.165, 1.54) is 11.3 Å². The number of ether oxygens (including phenoxy) is 2. The second kappa shape index (κ2) is 6.99. The highest BCUT2D eigenvalue weighted by Gasteiger charge is 2.30. The predicted octanol–water partition coefficient (Wildman–Crippen LogP) is 4.10. The number of fused-ring (bicyclic) bond motifs is 2. The van der Waals surface area contributed by atoms with Crippen LogP contribution in [0.2, 0.25) is 0 Å². The molecule has 3 heterocycles. The molecule has 6 nitrogen and oxygen atoms in total. The van der Waals surface area contributed by atoms with E-state index in [4.69, 9.17) is 19.4 Å². The Kier molecular flexibility index (Phi) is 4.42. The van der Waals surface area contributed by atoms with Crippen LogP contribution in [0.5, 0.6) is 11.5 Å². The molecule has 0 bridgehead atoms. The van der Waals surface area contributed by atoms with Crippen LogP contribution in [0.25, 0.3) is 10.2 Å². The molecule has 29 heavy (non-hydrogen) atoms. The summed E-state index contributed by atoms with van der Waals surface area (Å²) >= 11 is 1.47. The maximum atomic E-state index is 13.2. The molecular weight excluding hydrogens is 386 g/mol. The van der Waals surface area contributed by atoms with Crippen molar-refractivity contribution in [3.63, 3.8) is 0 Å². The van der Waals surface area contributed by atoms with Crippen molar-refractivity contribution in [1.82, 2.24) is 14.9 Å². The molecule has 1 fully saturated rings. The summed E-state index contributed by atoms with van der Waals surface area (Å²) in [6, 6.07) is 7.61. The first-order valence-corrected chi connectivity index (χ1v) is 10.7. The number of rotatable bonds is 4. The highest BCUT2D eigenvalue weighted by Crippen LogP contribution is 2.40. The van der Waals surface area contributed by atoms with Crippen LogP contribution < -0.4 is 9.47 Å². The number of likely N-dealkylation sites (N-methyl/N-ethyl adjacent to an activating group) is 1. The second-order valence-corrected chi connectivity index (χ2v) is 8.86. The average Bonchev–Trinajstić information content (AvgIpc) is 3.51. The molecule has 150 valence electrons. The van der Waals surface area contributed by atoms with Gasteiger partial charge in [0.1, 0.15) is 17.3 Å². The molecule has 0 N–H and O–H groups in total. The minimum absolute atomic E-state index is 0.0136. The van der Waals surface area contributed by atoms with E-state index in [2.05, 4.69) is 0 Å². The Hall–Kier alpha value is -2.67. The standard InChI is InChI=1S/C22H23N3O3S/c1-12-18-13(2)23-20(14-8-9-14)24-21(18)29-19(12)22(26)25(3)10-15-11-27-16-6-4-5-7-17(16)28-15/h4-7,14-15H,8-11H2,1-3H3/t15-/m1/s1. The van der Waals surface area contributed by atoms with Crippen molar-refractivity contribution < 1.29 is 14.3 Å². The van der Waals surface area contributed by atoms with Crippen molar-refractivity contribution in [2.45, 2.75) is 38.7 Å². The molecule has 2 aromatic heterocycles. The molecule has 1 saturated carbocycles. The lowest BCUT2D eigenvalue weighted by molar-refractivity contribution is 0.0523. The number of carbonyl (C=O) groups excluding carboxylic acids is 1. The zero-order valence-electron chi connectivity index (χ0n) is 16.8. The van der Waals surface area contributed by atoms with Crippen LogP contribution in [-0.4, -0.2) is 47.1 Å². The molecule has 0 saturated heterocycles. The first-order valence-electron chi connectivity index (χ1n) is 9.93. The highest BCUT2D eigenvalue weighted by atomic mass is 32.1. The second-order valence-electron chi connectivity index (χ2n) is 7.86. The maximum absolute atomic E-state index is 13.2. The molecule has 1 aromatic carbocycles. The van der Waals surface area contributed by atoms with E-state index in [1.807, 2.05) is 45.2 Å². The lowest BCUT2D eigenvalue weighted by Crippen LogP contribution is -2.41. The molecule has 7 heteroatoms. The summed E-state index contributed by atoms with van der Waals surface area (Å²) in [5.74, 6) is 2.88. The van der Waals surface area contributed by atoms with Gasteiger partial charge in [-0.2, -0.15) is 0 Å². The summed E-state index contributed by atoms with van der Waals surface area (Å²) in [6.07, 6.45) is 2.13. The lowest BCUT2D eigenvalue weighted by Gasteiger charge is -2.29. The quantitative estimate of drug-likeness (QED) is 0.649. The van der Waals surface area contributed by atoms with Gasteiger partial charge in [0.25, 0.3) is 5.91 Å². The van der Waals surface area contributed by atoms with Crippen molar-refractivity contribution in [1.29, 1.82) is 0 Å². The molecule has 0 unspecified atom stereocenters. The summed E-state index contributed by atoms with van der Waals surface area (Å²) in [5, 5.41) is 1.02. The van der Waals surface area contributed by atoms with Crippen molar-refractivity contribution in [3.05, 3.63) is 46.2 Å². The van der Waals surface area contributed by atoms with Gasteiger partial charge in [-0.05, 0) is 44.4 Å². The fourth-order valence-electron chi connectivity index (χ4n) is 3.80. The molecule has 0 spiro atoms. The Morgan fingerprint density at radius 1 is 1.21 bits per heavy atom. The smallest absolute Gasteiger partial charge is 0.264 e. The van der Waals surface area contributed by atoms with Crippen LogP contribution in [0.3, 0.4) is 0 Å². The number of aryl methyl sites for hydroxylation is 2. The third kappa shape index (κ3) is 3.33. The van der Waals surface area contributed by atoms with E-state index in [-0.39, 0.29) is 12.0 Å². The normalized spacial score (nSPS) is 18.1. The Morgan fingerprint density at radius 2 is 1.97 bits per heavy atom. The molecule has 1 atom stereocenters. The van der Waals surface area contributed by atoms with Crippen LogP contribution in [0, 0.1) is 13.8 Å². The Morgan fingerprint density at radius 3 is 2.72 bits per heavy atom. The van der Waals surface area contributed by atoms with E-state index < -0.39 is 0 Å². The maximum Gasteiger partial charge on any atom is 0.264 e. The molecule has 5 rings (SSSR count). The number of hydrogen-bond acceptors (Lipinski definition) is 6. The van der Waals surface area contributed by atoms with Gasteiger partial charge < -0.3 is 14.4 Å². The number of hydrogen-bond donors (Lipinski definition) is 0. The molecular formula is C22H23N3O3S. The zero-order valence-corrected chi connectivity index (χ0v) is 17.6. The fourth-order valence-corrected chi connectivity index (χ4v) is 5.04. The van der Waals surface area contributed by atoms with Gasteiger partial charge in [0.15, 0.2) is 17.6 Å². The minimum atomic E-state index is -0.198. The SMILES string of the molecule is Cc1nc(C2CC2)nc2sc(C(=O)N(C)C[C@@H]3COc4ccccc4O3)c(C)c12. The lowest BCUT2D eigenvalue weighted by atomic mass is 10.1. The molecule has 1 amide bonds. The number of benzene rings is 1.